The lowest BCUT2D eigenvalue weighted by molar-refractivity contribution is 0.0946. The quantitative estimate of drug-likeness (QED) is 0.444. The summed E-state index contributed by atoms with van der Waals surface area (Å²) in [6.45, 7) is 8.14. The fourth-order valence-electron chi connectivity index (χ4n) is 3.33. The van der Waals surface area contributed by atoms with Crippen LogP contribution in [0.1, 0.15) is 39.5 Å². The molecule has 0 aromatic heterocycles. The van der Waals surface area contributed by atoms with Gasteiger partial charge in [-0.15, -0.1) is 0 Å². The Morgan fingerprint density at radius 1 is 0.909 bits per heavy atom. The van der Waals surface area contributed by atoms with Crippen molar-refractivity contribution in [1.82, 2.24) is 5.32 Å². The molecule has 0 saturated carbocycles. The Bertz CT molecular complexity index is 1240. The number of carbonyl (C=O) groups is 1. The summed E-state index contributed by atoms with van der Waals surface area (Å²) in [6.07, 6.45) is 0.963. The van der Waals surface area contributed by atoms with E-state index in [-0.39, 0.29) is 16.4 Å². The third-order valence-corrected chi connectivity index (χ3v) is 6.87. The minimum absolute atomic E-state index is 0.0725. The Kier molecular flexibility index (Phi) is 7.76. The van der Waals surface area contributed by atoms with Gasteiger partial charge in [0.1, 0.15) is 12.4 Å². The van der Waals surface area contributed by atoms with Gasteiger partial charge in [-0.3, -0.25) is 9.52 Å². The van der Waals surface area contributed by atoms with Crippen LogP contribution in [0.15, 0.2) is 65.6 Å². The summed E-state index contributed by atoms with van der Waals surface area (Å²) in [5.74, 6) is 0.380. The third-order valence-electron chi connectivity index (χ3n) is 5.37. The lowest BCUT2D eigenvalue weighted by Crippen LogP contribution is -2.28. The van der Waals surface area contributed by atoms with Gasteiger partial charge in [0.2, 0.25) is 0 Å². The van der Waals surface area contributed by atoms with E-state index >= 15 is 0 Å². The Balaban J connectivity index is 1.65. The molecule has 0 aliphatic rings. The van der Waals surface area contributed by atoms with Crippen LogP contribution < -0.4 is 14.8 Å². The van der Waals surface area contributed by atoms with E-state index in [9.17, 15) is 13.2 Å². The van der Waals surface area contributed by atoms with Gasteiger partial charge in [-0.25, -0.2) is 8.42 Å². The summed E-state index contributed by atoms with van der Waals surface area (Å²) >= 11 is 0. The predicted molar refractivity (Wildman–Crippen MR) is 132 cm³/mol. The third kappa shape index (κ3) is 6.35. The molecule has 3 rings (SSSR count). The van der Waals surface area contributed by atoms with Crippen LogP contribution in [-0.4, -0.2) is 27.5 Å². The van der Waals surface area contributed by atoms with E-state index in [1.54, 1.807) is 25.1 Å². The molecule has 0 spiro atoms. The van der Waals surface area contributed by atoms with Gasteiger partial charge in [-0.1, -0.05) is 37.3 Å². The van der Waals surface area contributed by atoms with Crippen LogP contribution in [0.3, 0.4) is 0 Å². The Labute approximate surface area is 196 Å². The van der Waals surface area contributed by atoms with Crippen LogP contribution in [-0.2, 0) is 16.4 Å². The normalized spacial score (nSPS) is 11.2. The van der Waals surface area contributed by atoms with Gasteiger partial charge in [0, 0.05) is 5.56 Å². The molecule has 0 bridgehead atoms. The zero-order valence-corrected chi connectivity index (χ0v) is 20.3. The van der Waals surface area contributed by atoms with Crippen LogP contribution in [0.4, 0.5) is 5.69 Å². The van der Waals surface area contributed by atoms with E-state index in [4.69, 9.17) is 4.74 Å². The van der Waals surface area contributed by atoms with Crippen molar-refractivity contribution >= 4 is 21.6 Å². The van der Waals surface area contributed by atoms with Crippen LogP contribution in [0.5, 0.6) is 5.75 Å². The number of carbonyl (C=O) groups excluding carboxylic acids is 1. The van der Waals surface area contributed by atoms with Gasteiger partial charge in [0.05, 0.1) is 17.1 Å². The molecule has 7 heteroatoms. The molecule has 174 valence electrons. The maximum atomic E-state index is 13.1. The summed E-state index contributed by atoms with van der Waals surface area (Å²) in [5.41, 5.74) is 4.35. The molecule has 1 amide bonds. The monoisotopic (exact) mass is 466 g/mol. The Morgan fingerprint density at radius 3 is 2.30 bits per heavy atom. The van der Waals surface area contributed by atoms with Crippen molar-refractivity contribution in [2.75, 3.05) is 17.9 Å². The SMILES string of the molecule is CCc1ccc(OCCNC(=O)c2ccc(C)c(S(=O)(=O)Nc3cc(C)ccc3C)c2)cc1. The number of anilines is 1. The first-order valence-corrected chi connectivity index (χ1v) is 12.4. The smallest absolute Gasteiger partial charge is 0.262 e. The number of ether oxygens (including phenoxy) is 1. The first-order chi connectivity index (χ1) is 15.7. The molecular formula is C26H30N2O4S. The van der Waals surface area contributed by atoms with Gasteiger partial charge in [0.25, 0.3) is 15.9 Å². The molecule has 0 radical (unpaired) electrons. The summed E-state index contributed by atoms with van der Waals surface area (Å²) in [5, 5.41) is 2.78. The fraction of sp³-hybridized carbons (Fsp3) is 0.269. The highest BCUT2D eigenvalue weighted by Gasteiger charge is 2.20. The number of amides is 1. The van der Waals surface area contributed by atoms with Crippen LogP contribution in [0.2, 0.25) is 0 Å². The molecule has 0 unspecified atom stereocenters. The van der Waals surface area contributed by atoms with E-state index in [1.165, 1.54) is 11.6 Å². The lowest BCUT2D eigenvalue weighted by Gasteiger charge is -2.14. The maximum absolute atomic E-state index is 13.1. The summed E-state index contributed by atoms with van der Waals surface area (Å²) in [6, 6.07) is 18.1. The maximum Gasteiger partial charge on any atom is 0.262 e. The number of sulfonamides is 1. The van der Waals surface area contributed by atoms with Crippen LogP contribution in [0, 0.1) is 20.8 Å². The summed E-state index contributed by atoms with van der Waals surface area (Å²) in [4.78, 5) is 12.7. The summed E-state index contributed by atoms with van der Waals surface area (Å²) < 4.78 is 34.4. The molecule has 6 nitrogen and oxygen atoms in total. The molecule has 33 heavy (non-hydrogen) atoms. The molecule has 0 aliphatic carbocycles. The highest BCUT2D eigenvalue weighted by Crippen LogP contribution is 2.24. The fourth-order valence-corrected chi connectivity index (χ4v) is 4.73. The van der Waals surface area contributed by atoms with Crippen LogP contribution in [0.25, 0.3) is 0 Å². The summed E-state index contributed by atoms with van der Waals surface area (Å²) in [7, 11) is -3.86. The number of hydrogen-bond donors (Lipinski definition) is 2. The Hall–Kier alpha value is -3.32. The second kappa shape index (κ2) is 10.5. The average molecular weight is 467 g/mol. The van der Waals surface area contributed by atoms with E-state index in [0.717, 1.165) is 23.3 Å². The Morgan fingerprint density at radius 2 is 1.61 bits per heavy atom. The van der Waals surface area contributed by atoms with Crippen LogP contribution >= 0.6 is 0 Å². The average Bonchev–Trinajstić information content (AvgIpc) is 2.79. The number of rotatable bonds is 9. The zero-order valence-electron chi connectivity index (χ0n) is 19.4. The number of aryl methyl sites for hydroxylation is 4. The van der Waals surface area contributed by atoms with Crippen molar-refractivity contribution in [3.63, 3.8) is 0 Å². The zero-order chi connectivity index (χ0) is 24.0. The molecule has 0 saturated heterocycles. The molecule has 0 atom stereocenters. The van der Waals surface area contributed by atoms with E-state index < -0.39 is 10.0 Å². The first kappa shape index (κ1) is 24.3. The minimum atomic E-state index is -3.86. The number of benzene rings is 3. The molecule has 3 aromatic carbocycles. The van der Waals surface area contributed by atoms with Gasteiger partial charge < -0.3 is 10.1 Å². The van der Waals surface area contributed by atoms with Crippen molar-refractivity contribution in [3.8, 4) is 5.75 Å². The van der Waals surface area contributed by atoms with Gasteiger partial charge >= 0.3 is 0 Å². The molecular weight excluding hydrogens is 436 g/mol. The molecule has 3 aromatic rings. The van der Waals surface area contributed by atoms with Crippen molar-refractivity contribution < 1.29 is 17.9 Å². The molecule has 0 fully saturated rings. The number of hydrogen-bond acceptors (Lipinski definition) is 4. The van der Waals surface area contributed by atoms with E-state index in [1.807, 2.05) is 50.2 Å². The van der Waals surface area contributed by atoms with Crippen molar-refractivity contribution in [1.29, 1.82) is 0 Å². The van der Waals surface area contributed by atoms with Gasteiger partial charge in [0.15, 0.2) is 0 Å². The van der Waals surface area contributed by atoms with Crippen molar-refractivity contribution in [2.45, 2.75) is 39.0 Å². The molecule has 0 heterocycles. The van der Waals surface area contributed by atoms with E-state index in [0.29, 0.717) is 24.4 Å². The largest absolute Gasteiger partial charge is 0.492 e. The second-order valence-electron chi connectivity index (χ2n) is 8.01. The molecule has 0 aliphatic heterocycles. The second-order valence-corrected chi connectivity index (χ2v) is 9.66. The number of nitrogens with one attached hydrogen (secondary N) is 2. The first-order valence-electron chi connectivity index (χ1n) is 10.9. The lowest BCUT2D eigenvalue weighted by atomic mass is 10.1. The standard InChI is InChI=1S/C26H30N2O4S/c1-5-21-9-12-23(13-10-21)32-15-14-27-26(29)22-11-8-20(4)25(17-22)33(30,31)28-24-16-18(2)6-7-19(24)3/h6-13,16-17,28H,5,14-15H2,1-4H3,(H,27,29). The van der Waals surface area contributed by atoms with Gasteiger partial charge in [-0.05, 0) is 79.8 Å². The van der Waals surface area contributed by atoms with Crippen molar-refractivity contribution in [2.24, 2.45) is 0 Å². The molecule has 2 N–H and O–H groups in total. The highest BCUT2D eigenvalue weighted by atomic mass is 32.2. The van der Waals surface area contributed by atoms with Gasteiger partial charge in [-0.2, -0.15) is 0 Å². The van der Waals surface area contributed by atoms with E-state index in [2.05, 4.69) is 17.0 Å². The van der Waals surface area contributed by atoms with Crippen molar-refractivity contribution in [3.05, 3.63) is 88.5 Å². The topological polar surface area (TPSA) is 84.5 Å². The minimum Gasteiger partial charge on any atom is -0.492 e. The highest BCUT2D eigenvalue weighted by molar-refractivity contribution is 7.92. The predicted octanol–water partition coefficient (Wildman–Crippen LogP) is 4.78.